The van der Waals surface area contributed by atoms with Crippen LogP contribution in [0.4, 0.5) is 0 Å². The highest BCUT2D eigenvalue weighted by atomic mass is 15.0. The van der Waals surface area contributed by atoms with Crippen LogP contribution in [0.5, 0.6) is 0 Å². The van der Waals surface area contributed by atoms with Crippen molar-refractivity contribution >= 4 is 13.2 Å². The highest BCUT2D eigenvalue weighted by Crippen LogP contribution is 2.45. The van der Waals surface area contributed by atoms with Crippen LogP contribution in [0, 0.1) is 24.7 Å². The van der Waals surface area contributed by atoms with Crippen molar-refractivity contribution in [2.24, 2.45) is 17.8 Å². The van der Waals surface area contributed by atoms with E-state index in [0.29, 0.717) is 0 Å². The summed E-state index contributed by atoms with van der Waals surface area (Å²) in [5.74, 6) is 2.87. The average molecular weight is 283 g/mol. The normalized spacial score (nSPS) is 26.8. The van der Waals surface area contributed by atoms with E-state index < -0.39 is 0 Å². The molecule has 0 aliphatic heterocycles. The molecule has 0 radical (unpaired) electrons. The first-order valence-electron chi connectivity index (χ1n) is 8.67. The Bertz CT molecular complexity index is 607. The lowest BCUT2D eigenvalue weighted by Crippen LogP contribution is -2.25. The molecule has 1 fully saturated rings. The first-order valence-corrected chi connectivity index (χ1v) is 8.67. The van der Waals surface area contributed by atoms with E-state index in [1.807, 2.05) is 0 Å². The lowest BCUT2D eigenvalue weighted by atomic mass is 9.88. The maximum absolute atomic E-state index is 4.15. The second-order valence-corrected chi connectivity index (χ2v) is 7.16. The van der Waals surface area contributed by atoms with Crippen LogP contribution in [0.1, 0.15) is 50.5 Å². The van der Waals surface area contributed by atoms with Crippen molar-refractivity contribution in [3.8, 4) is 0 Å². The summed E-state index contributed by atoms with van der Waals surface area (Å²) in [4.78, 5) is 0. The van der Waals surface area contributed by atoms with Gasteiger partial charge in [0.1, 0.15) is 0 Å². The fourth-order valence-electron chi connectivity index (χ4n) is 4.33. The smallest absolute Gasteiger partial charge is 0.0368 e. The maximum Gasteiger partial charge on any atom is 0.0368 e. The summed E-state index contributed by atoms with van der Waals surface area (Å²) in [5.41, 5.74) is 1.27. The minimum Gasteiger partial charge on any atom is -0.342 e. The van der Waals surface area contributed by atoms with Crippen LogP contribution in [0.2, 0.25) is 0 Å². The van der Waals surface area contributed by atoms with Gasteiger partial charge in [0.05, 0.1) is 0 Å². The third kappa shape index (κ3) is 3.17. The largest absolute Gasteiger partial charge is 0.342 e. The molecule has 3 unspecified atom stereocenters. The second kappa shape index (κ2) is 6.25. The number of fused-ring (bicyclic) bond motifs is 2. The third-order valence-electron chi connectivity index (χ3n) is 5.63. The Kier molecular flexibility index (Phi) is 4.37. The van der Waals surface area contributed by atoms with Crippen molar-refractivity contribution in [3.05, 3.63) is 34.5 Å². The number of unbranched alkanes of at least 4 members (excludes halogenated alkanes) is 3. The molecule has 2 bridgehead atoms. The molecule has 0 amide bonds. The Morgan fingerprint density at radius 1 is 1.10 bits per heavy atom. The quantitative estimate of drug-likeness (QED) is 0.530. The summed E-state index contributed by atoms with van der Waals surface area (Å²) in [6.45, 7) is 11.5. The molecule has 0 spiro atoms. The molecule has 114 valence electrons. The molecule has 2 aliphatic rings. The zero-order chi connectivity index (χ0) is 14.8. The number of allylic oxidation sites excluding steroid dienone is 2. The van der Waals surface area contributed by atoms with E-state index in [1.54, 1.807) is 0 Å². The van der Waals surface area contributed by atoms with Crippen LogP contribution in [0.3, 0.4) is 0 Å². The SMILES string of the molecule is C=c1cc(C)c(=C)n1CCCCCCC1CC2C=CC1C2. The Hall–Kier alpha value is -1.24. The second-order valence-electron chi connectivity index (χ2n) is 7.16. The summed E-state index contributed by atoms with van der Waals surface area (Å²) >= 11 is 0. The maximum atomic E-state index is 4.15. The number of aromatic nitrogens is 1. The van der Waals surface area contributed by atoms with Crippen molar-refractivity contribution in [1.82, 2.24) is 4.57 Å². The molecule has 0 saturated heterocycles. The number of nitrogens with zero attached hydrogens (tertiary/aromatic N) is 1. The summed E-state index contributed by atoms with van der Waals surface area (Å²) in [6, 6.07) is 2.14. The lowest BCUT2D eigenvalue weighted by molar-refractivity contribution is 0.393. The Labute approximate surface area is 129 Å². The molecule has 0 N–H and O–H groups in total. The molecule has 2 aliphatic carbocycles. The zero-order valence-corrected chi connectivity index (χ0v) is 13.5. The standard InChI is InChI=1S/C20H29N/c1-15-12-16(2)21(17(15)3)11-7-5-4-6-8-19-13-18-9-10-20(19)14-18/h9-10,12,18-20H,2-8,11,13-14H2,1H3. The van der Waals surface area contributed by atoms with Gasteiger partial charge in [-0.3, -0.25) is 0 Å². The van der Waals surface area contributed by atoms with E-state index in [4.69, 9.17) is 0 Å². The summed E-state index contributed by atoms with van der Waals surface area (Å²) in [7, 11) is 0. The first-order chi connectivity index (χ1) is 10.1. The molecule has 3 atom stereocenters. The van der Waals surface area contributed by atoms with Gasteiger partial charge < -0.3 is 4.57 Å². The van der Waals surface area contributed by atoms with Crippen molar-refractivity contribution in [3.63, 3.8) is 0 Å². The van der Waals surface area contributed by atoms with E-state index in [9.17, 15) is 0 Å². The van der Waals surface area contributed by atoms with E-state index in [0.717, 1.165) is 35.0 Å². The summed E-state index contributed by atoms with van der Waals surface area (Å²) < 4.78 is 2.27. The molecular weight excluding hydrogens is 254 g/mol. The van der Waals surface area contributed by atoms with Gasteiger partial charge in [0.15, 0.2) is 0 Å². The monoisotopic (exact) mass is 283 g/mol. The van der Waals surface area contributed by atoms with Crippen LogP contribution in [-0.4, -0.2) is 4.57 Å². The van der Waals surface area contributed by atoms with Crippen molar-refractivity contribution < 1.29 is 0 Å². The van der Waals surface area contributed by atoms with E-state index in [2.05, 4.69) is 42.9 Å². The number of rotatable bonds is 7. The minimum atomic E-state index is 0.931. The molecule has 1 aromatic heterocycles. The van der Waals surface area contributed by atoms with Gasteiger partial charge in [-0.25, -0.2) is 0 Å². The van der Waals surface area contributed by atoms with Crippen LogP contribution >= 0.6 is 0 Å². The van der Waals surface area contributed by atoms with Gasteiger partial charge >= 0.3 is 0 Å². The molecule has 21 heavy (non-hydrogen) atoms. The number of aryl methyl sites for hydroxylation is 1. The van der Waals surface area contributed by atoms with Gasteiger partial charge in [0, 0.05) is 17.2 Å². The van der Waals surface area contributed by atoms with Crippen LogP contribution < -0.4 is 10.7 Å². The molecule has 0 aromatic carbocycles. The fourth-order valence-corrected chi connectivity index (χ4v) is 4.33. The molecule has 1 saturated carbocycles. The summed E-state index contributed by atoms with van der Waals surface area (Å²) in [5, 5.41) is 2.26. The highest BCUT2D eigenvalue weighted by molar-refractivity contribution is 5.18. The number of hydrogen-bond donors (Lipinski definition) is 0. The molecule has 3 rings (SSSR count). The molecular formula is C20H29N. The Morgan fingerprint density at radius 3 is 2.52 bits per heavy atom. The molecule has 1 heterocycles. The van der Waals surface area contributed by atoms with Crippen molar-refractivity contribution in [1.29, 1.82) is 0 Å². The fraction of sp³-hybridized carbons (Fsp3) is 0.600. The van der Waals surface area contributed by atoms with Gasteiger partial charge in [0.25, 0.3) is 0 Å². The predicted octanol–water partition coefficient (Wildman–Crippen LogP) is 3.78. The zero-order valence-electron chi connectivity index (χ0n) is 13.5. The van der Waals surface area contributed by atoms with Gasteiger partial charge in [-0.05, 0) is 62.0 Å². The van der Waals surface area contributed by atoms with E-state index >= 15 is 0 Å². The number of hydrogen-bond acceptors (Lipinski definition) is 0. The van der Waals surface area contributed by atoms with Gasteiger partial charge in [-0.2, -0.15) is 0 Å². The average Bonchev–Trinajstić information content (AvgIpc) is 3.13. The van der Waals surface area contributed by atoms with Crippen LogP contribution in [0.15, 0.2) is 18.2 Å². The van der Waals surface area contributed by atoms with Gasteiger partial charge in [-0.1, -0.05) is 44.6 Å². The van der Waals surface area contributed by atoms with Crippen LogP contribution in [-0.2, 0) is 6.54 Å². The van der Waals surface area contributed by atoms with Gasteiger partial charge in [0.2, 0.25) is 0 Å². The third-order valence-corrected chi connectivity index (χ3v) is 5.63. The van der Waals surface area contributed by atoms with Crippen molar-refractivity contribution in [2.45, 2.75) is 58.4 Å². The predicted molar refractivity (Wildman–Crippen MR) is 91.4 cm³/mol. The Morgan fingerprint density at radius 2 is 1.90 bits per heavy atom. The van der Waals surface area contributed by atoms with E-state index in [1.165, 1.54) is 50.5 Å². The molecule has 1 heteroatoms. The lowest BCUT2D eigenvalue weighted by Gasteiger charge is -2.17. The Balaban J connectivity index is 1.33. The topological polar surface area (TPSA) is 4.93 Å². The molecule has 1 aromatic rings. The molecule has 1 nitrogen and oxygen atoms in total. The van der Waals surface area contributed by atoms with Crippen LogP contribution in [0.25, 0.3) is 13.2 Å². The highest BCUT2D eigenvalue weighted by Gasteiger charge is 2.34. The summed E-state index contributed by atoms with van der Waals surface area (Å²) in [6.07, 6.45) is 14.7. The van der Waals surface area contributed by atoms with E-state index in [-0.39, 0.29) is 0 Å². The van der Waals surface area contributed by atoms with Gasteiger partial charge in [-0.15, -0.1) is 0 Å². The van der Waals surface area contributed by atoms with Crippen molar-refractivity contribution in [2.75, 3.05) is 0 Å². The first kappa shape index (κ1) is 14.7. The minimum absolute atomic E-state index is 0.931.